The lowest BCUT2D eigenvalue weighted by molar-refractivity contribution is -0.0511. The molecular formula is C11H13N3O3S. The van der Waals surface area contributed by atoms with Crippen molar-refractivity contribution in [1.82, 2.24) is 9.38 Å². The standard InChI is InChI=1S/C11H13N3O3S/c1-11(5-17-6-11)10-9-3-2-8(18(12,15)16)4-14(9)7-13-10/h2-4,7H,5-6H2,1H3,(H2,12,15,16). The lowest BCUT2D eigenvalue weighted by atomic mass is 9.84. The second-order valence-corrected chi connectivity index (χ2v) is 6.41. The minimum absolute atomic E-state index is 0.0777. The highest BCUT2D eigenvalue weighted by Gasteiger charge is 2.38. The van der Waals surface area contributed by atoms with Crippen molar-refractivity contribution in [3.8, 4) is 0 Å². The van der Waals surface area contributed by atoms with Gasteiger partial charge in [0.25, 0.3) is 0 Å². The van der Waals surface area contributed by atoms with E-state index in [4.69, 9.17) is 9.88 Å². The van der Waals surface area contributed by atoms with Gasteiger partial charge in [0.15, 0.2) is 0 Å². The average molecular weight is 267 g/mol. The molecule has 2 N–H and O–H groups in total. The third-order valence-electron chi connectivity index (χ3n) is 3.25. The molecule has 1 saturated heterocycles. The van der Waals surface area contributed by atoms with Crippen molar-refractivity contribution in [3.63, 3.8) is 0 Å². The van der Waals surface area contributed by atoms with Gasteiger partial charge in [-0.2, -0.15) is 0 Å². The molecule has 1 fully saturated rings. The van der Waals surface area contributed by atoms with E-state index in [1.165, 1.54) is 12.3 Å². The quantitative estimate of drug-likeness (QED) is 0.846. The van der Waals surface area contributed by atoms with E-state index in [9.17, 15) is 8.42 Å². The van der Waals surface area contributed by atoms with E-state index in [1.54, 1.807) is 16.8 Å². The first-order chi connectivity index (χ1) is 8.40. The van der Waals surface area contributed by atoms with Crippen LogP contribution in [0.3, 0.4) is 0 Å². The van der Waals surface area contributed by atoms with Crippen molar-refractivity contribution >= 4 is 15.5 Å². The van der Waals surface area contributed by atoms with Gasteiger partial charge in [-0.05, 0) is 19.1 Å². The van der Waals surface area contributed by atoms with E-state index in [0.29, 0.717) is 13.2 Å². The number of fused-ring (bicyclic) bond motifs is 1. The van der Waals surface area contributed by atoms with Gasteiger partial charge in [0.2, 0.25) is 10.0 Å². The minimum Gasteiger partial charge on any atom is -0.379 e. The molecule has 1 aliphatic rings. The summed E-state index contributed by atoms with van der Waals surface area (Å²) in [5.41, 5.74) is 1.72. The maximum absolute atomic E-state index is 11.3. The molecule has 0 atom stereocenters. The highest BCUT2D eigenvalue weighted by atomic mass is 32.2. The number of primary sulfonamides is 1. The molecule has 96 valence electrons. The van der Waals surface area contributed by atoms with E-state index in [1.807, 2.05) is 0 Å². The molecule has 2 aromatic heterocycles. The summed E-state index contributed by atoms with van der Waals surface area (Å²) >= 11 is 0. The Kier molecular flexibility index (Phi) is 2.28. The highest BCUT2D eigenvalue weighted by molar-refractivity contribution is 7.89. The molecule has 3 heterocycles. The van der Waals surface area contributed by atoms with Gasteiger partial charge in [0, 0.05) is 6.20 Å². The number of aromatic nitrogens is 2. The van der Waals surface area contributed by atoms with Gasteiger partial charge >= 0.3 is 0 Å². The van der Waals surface area contributed by atoms with Crippen molar-refractivity contribution in [2.45, 2.75) is 17.2 Å². The lowest BCUT2D eigenvalue weighted by Crippen LogP contribution is -2.44. The Hall–Kier alpha value is -1.44. The van der Waals surface area contributed by atoms with Crippen molar-refractivity contribution < 1.29 is 13.2 Å². The maximum Gasteiger partial charge on any atom is 0.239 e. The Labute approximate surface area is 104 Å². The maximum atomic E-state index is 11.3. The fourth-order valence-electron chi connectivity index (χ4n) is 2.16. The molecule has 18 heavy (non-hydrogen) atoms. The number of hydrogen-bond donors (Lipinski definition) is 1. The molecule has 0 aromatic carbocycles. The number of ether oxygens (including phenoxy) is 1. The minimum atomic E-state index is -3.69. The van der Waals surface area contributed by atoms with Crippen molar-refractivity contribution in [1.29, 1.82) is 0 Å². The molecule has 0 aliphatic carbocycles. The average Bonchev–Trinajstić information content (AvgIpc) is 2.67. The highest BCUT2D eigenvalue weighted by Crippen LogP contribution is 2.33. The Morgan fingerprint density at radius 3 is 2.72 bits per heavy atom. The molecule has 0 bridgehead atoms. The molecule has 0 amide bonds. The fourth-order valence-corrected chi connectivity index (χ4v) is 2.68. The number of hydrogen-bond acceptors (Lipinski definition) is 4. The van der Waals surface area contributed by atoms with Gasteiger partial charge in [0.1, 0.15) is 0 Å². The molecule has 1 aliphatic heterocycles. The van der Waals surface area contributed by atoms with Gasteiger partial charge in [-0.25, -0.2) is 18.5 Å². The molecule has 3 rings (SSSR count). The van der Waals surface area contributed by atoms with Crippen molar-refractivity contribution in [2.24, 2.45) is 5.14 Å². The Balaban J connectivity index is 2.17. The van der Waals surface area contributed by atoms with Crippen LogP contribution >= 0.6 is 0 Å². The number of sulfonamides is 1. The molecule has 0 radical (unpaired) electrons. The zero-order chi connectivity index (χ0) is 13.0. The molecule has 6 nitrogen and oxygen atoms in total. The van der Waals surface area contributed by atoms with Gasteiger partial charge in [0.05, 0.1) is 41.1 Å². The third-order valence-corrected chi connectivity index (χ3v) is 4.14. The van der Waals surface area contributed by atoms with Crippen LogP contribution in [0, 0.1) is 0 Å². The van der Waals surface area contributed by atoms with Crippen LogP contribution in [0.2, 0.25) is 0 Å². The van der Waals surface area contributed by atoms with Crippen LogP contribution in [0.4, 0.5) is 0 Å². The number of nitrogens with two attached hydrogens (primary N) is 1. The Bertz CT molecular complexity index is 716. The van der Waals surface area contributed by atoms with Crippen LogP contribution in [0.5, 0.6) is 0 Å². The number of pyridine rings is 1. The number of rotatable bonds is 2. The summed E-state index contributed by atoms with van der Waals surface area (Å²) in [6.45, 7) is 3.35. The summed E-state index contributed by atoms with van der Waals surface area (Å²) < 4.78 is 29.4. The van der Waals surface area contributed by atoms with E-state index < -0.39 is 10.0 Å². The summed E-state index contributed by atoms with van der Waals surface area (Å²) in [5, 5.41) is 5.10. The summed E-state index contributed by atoms with van der Waals surface area (Å²) in [6, 6.07) is 3.23. The molecule has 0 spiro atoms. The Morgan fingerprint density at radius 2 is 2.17 bits per heavy atom. The predicted octanol–water partition coefficient (Wildman–Crippen LogP) is 0.270. The second-order valence-electron chi connectivity index (χ2n) is 4.85. The second kappa shape index (κ2) is 3.53. The van der Waals surface area contributed by atoms with Gasteiger partial charge in [-0.3, -0.25) is 0 Å². The van der Waals surface area contributed by atoms with Crippen LogP contribution in [-0.4, -0.2) is 31.0 Å². The SMILES string of the molecule is CC1(c2ncn3cc(S(N)(=O)=O)ccc23)COC1. The third kappa shape index (κ3) is 1.63. The molecule has 0 unspecified atom stereocenters. The van der Waals surface area contributed by atoms with E-state index >= 15 is 0 Å². The monoisotopic (exact) mass is 267 g/mol. The topological polar surface area (TPSA) is 86.7 Å². The van der Waals surface area contributed by atoms with Crippen molar-refractivity contribution in [2.75, 3.05) is 13.2 Å². The van der Waals surface area contributed by atoms with Gasteiger partial charge < -0.3 is 9.14 Å². The fraction of sp³-hybridized carbons (Fsp3) is 0.364. The first kappa shape index (κ1) is 11.6. The zero-order valence-corrected chi connectivity index (χ0v) is 10.6. The van der Waals surface area contributed by atoms with E-state index in [0.717, 1.165) is 11.2 Å². The van der Waals surface area contributed by atoms with Crippen LogP contribution in [0.25, 0.3) is 5.52 Å². The predicted molar refractivity (Wildman–Crippen MR) is 64.7 cm³/mol. The summed E-state index contributed by atoms with van der Waals surface area (Å²) in [4.78, 5) is 4.44. The first-order valence-corrected chi connectivity index (χ1v) is 7.03. The van der Waals surface area contributed by atoms with Crippen LogP contribution < -0.4 is 5.14 Å². The largest absolute Gasteiger partial charge is 0.379 e. The molecular weight excluding hydrogens is 254 g/mol. The lowest BCUT2D eigenvalue weighted by Gasteiger charge is -2.36. The van der Waals surface area contributed by atoms with Crippen LogP contribution in [0.1, 0.15) is 12.6 Å². The molecule has 0 saturated carbocycles. The zero-order valence-electron chi connectivity index (χ0n) is 9.83. The van der Waals surface area contributed by atoms with Crippen LogP contribution in [0.15, 0.2) is 29.6 Å². The summed E-state index contributed by atoms with van der Waals surface area (Å²) in [5.74, 6) is 0. The first-order valence-electron chi connectivity index (χ1n) is 5.48. The molecule has 7 heteroatoms. The van der Waals surface area contributed by atoms with Crippen LogP contribution in [-0.2, 0) is 20.2 Å². The van der Waals surface area contributed by atoms with E-state index in [2.05, 4.69) is 11.9 Å². The van der Waals surface area contributed by atoms with Gasteiger partial charge in [-0.15, -0.1) is 0 Å². The molecule has 2 aromatic rings. The summed E-state index contributed by atoms with van der Waals surface area (Å²) in [6.07, 6.45) is 3.08. The number of nitrogens with zero attached hydrogens (tertiary/aromatic N) is 2. The van der Waals surface area contributed by atoms with E-state index in [-0.39, 0.29) is 10.3 Å². The van der Waals surface area contributed by atoms with Crippen molar-refractivity contribution in [3.05, 3.63) is 30.4 Å². The Morgan fingerprint density at radius 1 is 1.44 bits per heavy atom. The van der Waals surface area contributed by atoms with Gasteiger partial charge in [-0.1, -0.05) is 0 Å². The smallest absolute Gasteiger partial charge is 0.239 e. The summed E-state index contributed by atoms with van der Waals surface area (Å²) in [7, 11) is -3.69. The normalized spacial score (nSPS) is 18.8. The number of imidazole rings is 1.